The number of rotatable bonds is 5. The molecule has 0 saturated heterocycles. The number of nitrogens with zero attached hydrogens (tertiary/aromatic N) is 3. The minimum atomic E-state index is -0.558. The molecule has 3 rings (SSSR count). The van der Waals surface area contributed by atoms with Crippen LogP contribution in [0.4, 0.5) is 10.6 Å². The van der Waals surface area contributed by atoms with Gasteiger partial charge in [0.05, 0.1) is 18.5 Å². The summed E-state index contributed by atoms with van der Waals surface area (Å²) in [6.45, 7) is 1.74. The van der Waals surface area contributed by atoms with E-state index < -0.39 is 12.0 Å². The Kier molecular flexibility index (Phi) is 5.33. The Balaban J connectivity index is 1.73. The van der Waals surface area contributed by atoms with Gasteiger partial charge in [0.1, 0.15) is 17.9 Å². The molecular weight excluding hydrogens is 334 g/mol. The van der Waals surface area contributed by atoms with E-state index in [1.54, 1.807) is 25.3 Å². The minimum Gasteiger partial charge on any atom is -0.465 e. The zero-order chi connectivity index (χ0) is 18.4. The van der Waals surface area contributed by atoms with Crippen LogP contribution in [-0.4, -0.2) is 40.1 Å². The van der Waals surface area contributed by atoms with Crippen molar-refractivity contribution in [3.63, 3.8) is 0 Å². The largest absolute Gasteiger partial charge is 0.465 e. The lowest BCUT2D eigenvalue weighted by Crippen LogP contribution is -2.34. The first-order chi connectivity index (χ1) is 12.7. The van der Waals surface area contributed by atoms with Gasteiger partial charge in [0.15, 0.2) is 5.65 Å². The number of hydrogen-bond acceptors (Lipinski definition) is 6. The average Bonchev–Trinajstić information content (AvgIpc) is 2.67. The average molecular weight is 351 g/mol. The smallest absolute Gasteiger partial charge is 0.325 e. The van der Waals surface area contributed by atoms with Gasteiger partial charge in [-0.1, -0.05) is 30.3 Å². The summed E-state index contributed by atoms with van der Waals surface area (Å²) in [5, 5.41) is 4.95. The molecule has 2 amide bonds. The summed E-state index contributed by atoms with van der Waals surface area (Å²) in [6, 6.07) is 12.4. The van der Waals surface area contributed by atoms with E-state index in [9.17, 15) is 9.59 Å². The second kappa shape index (κ2) is 8.02. The molecule has 2 N–H and O–H groups in total. The van der Waals surface area contributed by atoms with Crippen LogP contribution in [0.25, 0.3) is 22.4 Å². The van der Waals surface area contributed by atoms with Crippen LogP contribution in [0, 0.1) is 0 Å². The molecule has 0 fully saturated rings. The fourth-order valence-electron chi connectivity index (χ4n) is 2.24. The molecule has 132 valence electrons. The lowest BCUT2D eigenvalue weighted by molar-refractivity contribution is -0.141. The number of ether oxygens (including phenoxy) is 1. The Morgan fingerprint density at radius 2 is 1.88 bits per heavy atom. The molecule has 2 aromatic heterocycles. The number of anilines is 1. The number of pyridine rings is 1. The monoisotopic (exact) mass is 351 g/mol. The van der Waals surface area contributed by atoms with Gasteiger partial charge in [-0.15, -0.1) is 0 Å². The predicted octanol–water partition coefficient (Wildman–Crippen LogP) is 2.38. The molecular formula is C18H17N5O3. The number of benzene rings is 1. The third-order valence-electron chi connectivity index (χ3n) is 3.42. The van der Waals surface area contributed by atoms with Crippen LogP contribution in [-0.2, 0) is 9.53 Å². The third-order valence-corrected chi connectivity index (χ3v) is 3.42. The van der Waals surface area contributed by atoms with Gasteiger partial charge >= 0.3 is 12.0 Å². The molecule has 0 unspecified atom stereocenters. The van der Waals surface area contributed by atoms with E-state index >= 15 is 0 Å². The molecule has 1 aromatic carbocycles. The van der Waals surface area contributed by atoms with Crippen LogP contribution < -0.4 is 10.6 Å². The summed E-state index contributed by atoms with van der Waals surface area (Å²) < 4.78 is 4.74. The highest BCUT2D eigenvalue weighted by molar-refractivity contribution is 5.91. The van der Waals surface area contributed by atoms with Crippen molar-refractivity contribution in [2.24, 2.45) is 0 Å². The normalized spacial score (nSPS) is 10.3. The van der Waals surface area contributed by atoms with Gasteiger partial charge in [-0.2, -0.15) is 0 Å². The fraction of sp³-hybridized carbons (Fsp3) is 0.167. The number of carbonyl (C=O) groups excluding carboxylic acids is 2. The first kappa shape index (κ1) is 17.3. The Bertz CT molecular complexity index is 931. The Labute approximate surface area is 149 Å². The summed E-state index contributed by atoms with van der Waals surface area (Å²) in [5.74, 6) is -0.203. The number of urea groups is 1. The van der Waals surface area contributed by atoms with Gasteiger partial charge in [-0.3, -0.25) is 15.1 Å². The van der Waals surface area contributed by atoms with Crippen molar-refractivity contribution in [2.75, 3.05) is 18.5 Å². The van der Waals surface area contributed by atoms with E-state index in [1.165, 1.54) is 0 Å². The Morgan fingerprint density at radius 3 is 2.65 bits per heavy atom. The van der Waals surface area contributed by atoms with Crippen molar-refractivity contribution in [3.8, 4) is 11.3 Å². The maximum atomic E-state index is 11.8. The molecule has 8 nitrogen and oxygen atoms in total. The van der Waals surface area contributed by atoms with Crippen molar-refractivity contribution < 1.29 is 14.3 Å². The van der Waals surface area contributed by atoms with Crippen LogP contribution in [0.1, 0.15) is 6.92 Å². The maximum absolute atomic E-state index is 11.8. The molecule has 0 aliphatic rings. The van der Waals surface area contributed by atoms with E-state index in [2.05, 4.69) is 25.6 Å². The van der Waals surface area contributed by atoms with Crippen molar-refractivity contribution in [2.45, 2.75) is 6.92 Å². The predicted molar refractivity (Wildman–Crippen MR) is 96.4 cm³/mol. The fourth-order valence-corrected chi connectivity index (χ4v) is 2.24. The van der Waals surface area contributed by atoms with Gasteiger partial charge in [0, 0.05) is 5.56 Å². The molecule has 0 aliphatic heterocycles. The summed E-state index contributed by atoms with van der Waals surface area (Å²) >= 11 is 0. The number of hydrogen-bond donors (Lipinski definition) is 2. The van der Waals surface area contributed by atoms with Gasteiger partial charge in [-0.25, -0.2) is 14.8 Å². The molecule has 0 spiro atoms. The second-order valence-electron chi connectivity index (χ2n) is 5.27. The van der Waals surface area contributed by atoms with Crippen molar-refractivity contribution in [3.05, 3.63) is 48.7 Å². The van der Waals surface area contributed by atoms with E-state index in [1.807, 2.05) is 30.3 Å². The molecule has 0 atom stereocenters. The SMILES string of the molecule is CCOC(=O)CNC(=O)Nc1ccc2ncc(-c3ccccc3)nc2n1. The first-order valence-corrected chi connectivity index (χ1v) is 8.05. The number of carbonyl (C=O) groups is 2. The van der Waals surface area contributed by atoms with Gasteiger partial charge in [-0.05, 0) is 19.1 Å². The third kappa shape index (κ3) is 4.29. The topological polar surface area (TPSA) is 106 Å². The quantitative estimate of drug-likeness (QED) is 0.684. The van der Waals surface area contributed by atoms with Crippen molar-refractivity contribution in [1.29, 1.82) is 0 Å². The zero-order valence-electron chi connectivity index (χ0n) is 14.1. The summed E-state index contributed by atoms with van der Waals surface area (Å²) in [4.78, 5) is 36.2. The lowest BCUT2D eigenvalue weighted by atomic mass is 10.2. The highest BCUT2D eigenvalue weighted by atomic mass is 16.5. The number of nitrogens with one attached hydrogen (secondary N) is 2. The second-order valence-corrected chi connectivity index (χ2v) is 5.27. The maximum Gasteiger partial charge on any atom is 0.325 e. The summed E-state index contributed by atoms with van der Waals surface area (Å²) in [6.07, 6.45) is 1.68. The molecule has 0 radical (unpaired) electrons. The molecule has 0 aliphatic carbocycles. The van der Waals surface area contributed by atoms with Crippen LogP contribution in [0.3, 0.4) is 0 Å². The van der Waals surface area contributed by atoms with Crippen molar-refractivity contribution >= 4 is 29.0 Å². The van der Waals surface area contributed by atoms with Crippen LogP contribution in [0.2, 0.25) is 0 Å². The van der Waals surface area contributed by atoms with Gasteiger partial charge in [0.2, 0.25) is 0 Å². The molecule has 26 heavy (non-hydrogen) atoms. The number of esters is 1. The number of amides is 2. The molecule has 3 aromatic rings. The Morgan fingerprint density at radius 1 is 1.08 bits per heavy atom. The lowest BCUT2D eigenvalue weighted by Gasteiger charge is -2.07. The first-order valence-electron chi connectivity index (χ1n) is 8.05. The standard InChI is InChI=1S/C18H17N5O3/c1-2-26-16(24)11-20-18(25)23-15-9-8-13-17(22-15)21-14(10-19-13)12-6-4-3-5-7-12/h3-10H,2,11H2,1H3,(H2,20,21,22,23,25). The van der Waals surface area contributed by atoms with E-state index in [0.717, 1.165) is 5.56 Å². The van der Waals surface area contributed by atoms with Crippen LogP contribution in [0.5, 0.6) is 0 Å². The number of aromatic nitrogens is 3. The molecule has 2 heterocycles. The van der Waals surface area contributed by atoms with Crippen molar-refractivity contribution in [1.82, 2.24) is 20.3 Å². The molecule has 0 bridgehead atoms. The Hall–Kier alpha value is -3.55. The van der Waals surface area contributed by atoms with Crippen LogP contribution in [0.15, 0.2) is 48.7 Å². The summed E-state index contributed by atoms with van der Waals surface area (Å²) in [5.41, 5.74) is 2.64. The van der Waals surface area contributed by atoms with Gasteiger partial charge in [0.25, 0.3) is 0 Å². The molecule has 0 saturated carbocycles. The van der Waals surface area contributed by atoms with Crippen LogP contribution >= 0.6 is 0 Å². The highest BCUT2D eigenvalue weighted by Crippen LogP contribution is 2.18. The number of fused-ring (bicyclic) bond motifs is 1. The summed E-state index contributed by atoms with van der Waals surface area (Å²) in [7, 11) is 0. The molecule has 8 heteroatoms. The van der Waals surface area contributed by atoms with Gasteiger partial charge < -0.3 is 10.1 Å². The minimum absolute atomic E-state index is 0.217. The van der Waals surface area contributed by atoms with E-state index in [-0.39, 0.29) is 13.2 Å². The zero-order valence-corrected chi connectivity index (χ0v) is 14.1. The highest BCUT2D eigenvalue weighted by Gasteiger charge is 2.09. The van der Waals surface area contributed by atoms with E-state index in [0.29, 0.717) is 22.7 Å². The van der Waals surface area contributed by atoms with E-state index in [4.69, 9.17) is 4.74 Å².